The molecule has 0 amide bonds. The zero-order valence-electron chi connectivity index (χ0n) is 13.3. The summed E-state index contributed by atoms with van der Waals surface area (Å²) in [5.41, 5.74) is 20.1. The standard InChI is InChI=1S/C10H14N2O2.C7H10N2/c1-14-10(13)7-12-6-8-4-2-3-5-9(8)11;8-5-6-3-1-2-4-7(6)9/h2-5,12H,6-7,11H2,1H3;1-4H,5,8-9H2. The van der Waals surface area contributed by atoms with Gasteiger partial charge in [-0.05, 0) is 23.3 Å². The van der Waals surface area contributed by atoms with Crippen molar-refractivity contribution in [3.05, 3.63) is 59.7 Å². The quantitative estimate of drug-likeness (QED) is 0.487. The highest BCUT2D eigenvalue weighted by Gasteiger charge is 2.00. The number of methoxy groups -OCH3 is 1. The van der Waals surface area contributed by atoms with Crippen molar-refractivity contribution in [3.8, 4) is 0 Å². The zero-order valence-corrected chi connectivity index (χ0v) is 13.3. The van der Waals surface area contributed by atoms with Crippen molar-refractivity contribution in [2.75, 3.05) is 25.1 Å². The van der Waals surface area contributed by atoms with Crippen molar-refractivity contribution in [1.29, 1.82) is 0 Å². The maximum Gasteiger partial charge on any atom is 0.319 e. The van der Waals surface area contributed by atoms with Gasteiger partial charge >= 0.3 is 5.97 Å². The van der Waals surface area contributed by atoms with Gasteiger partial charge in [0.05, 0.1) is 13.7 Å². The van der Waals surface area contributed by atoms with Crippen LogP contribution in [0.1, 0.15) is 11.1 Å². The molecule has 0 aliphatic rings. The molecule has 0 bridgehead atoms. The summed E-state index contributed by atoms with van der Waals surface area (Å²) in [5, 5.41) is 2.94. The second-order valence-corrected chi connectivity index (χ2v) is 4.78. The molecule has 0 saturated carbocycles. The Labute approximate surface area is 136 Å². The van der Waals surface area contributed by atoms with Crippen molar-refractivity contribution >= 4 is 17.3 Å². The van der Waals surface area contributed by atoms with Crippen LogP contribution in [0.25, 0.3) is 0 Å². The van der Waals surface area contributed by atoms with Crippen LogP contribution in [0.4, 0.5) is 11.4 Å². The van der Waals surface area contributed by atoms with Crippen LogP contribution >= 0.6 is 0 Å². The fourth-order valence-electron chi connectivity index (χ4n) is 1.79. The van der Waals surface area contributed by atoms with E-state index in [-0.39, 0.29) is 12.5 Å². The van der Waals surface area contributed by atoms with Crippen molar-refractivity contribution < 1.29 is 9.53 Å². The lowest BCUT2D eigenvalue weighted by Crippen LogP contribution is -2.23. The number of esters is 1. The van der Waals surface area contributed by atoms with Gasteiger partial charge in [-0.25, -0.2) is 0 Å². The fraction of sp³-hybridized carbons (Fsp3) is 0.235. The van der Waals surface area contributed by atoms with E-state index in [9.17, 15) is 4.79 Å². The lowest BCUT2D eigenvalue weighted by Gasteiger charge is -2.05. The van der Waals surface area contributed by atoms with Crippen LogP contribution in [-0.2, 0) is 22.6 Å². The number of benzene rings is 2. The maximum atomic E-state index is 10.8. The Morgan fingerprint density at radius 2 is 1.52 bits per heavy atom. The molecule has 23 heavy (non-hydrogen) atoms. The van der Waals surface area contributed by atoms with E-state index in [1.165, 1.54) is 7.11 Å². The Morgan fingerprint density at radius 3 is 1.96 bits per heavy atom. The Kier molecular flexibility index (Phi) is 8.20. The molecule has 6 heteroatoms. The highest BCUT2D eigenvalue weighted by Crippen LogP contribution is 2.09. The van der Waals surface area contributed by atoms with Crippen molar-refractivity contribution in [3.63, 3.8) is 0 Å². The number of ether oxygens (including phenoxy) is 1. The van der Waals surface area contributed by atoms with Crippen molar-refractivity contribution in [2.24, 2.45) is 5.73 Å². The van der Waals surface area contributed by atoms with Gasteiger partial charge in [0, 0.05) is 24.5 Å². The van der Waals surface area contributed by atoms with Gasteiger partial charge in [0.25, 0.3) is 0 Å². The van der Waals surface area contributed by atoms with Crippen LogP contribution in [-0.4, -0.2) is 19.6 Å². The monoisotopic (exact) mass is 316 g/mol. The summed E-state index contributed by atoms with van der Waals surface area (Å²) in [6.45, 7) is 1.29. The molecule has 0 saturated heterocycles. The average molecular weight is 316 g/mol. The molecule has 6 nitrogen and oxygen atoms in total. The first-order valence-corrected chi connectivity index (χ1v) is 7.22. The number of carbonyl (C=O) groups excluding carboxylic acids is 1. The number of nitrogen functional groups attached to an aromatic ring is 2. The molecule has 0 spiro atoms. The van der Waals surface area contributed by atoms with Crippen molar-refractivity contribution in [1.82, 2.24) is 5.32 Å². The first-order valence-electron chi connectivity index (χ1n) is 7.22. The maximum absolute atomic E-state index is 10.8. The van der Waals surface area contributed by atoms with Gasteiger partial charge in [0.1, 0.15) is 0 Å². The Balaban J connectivity index is 0.000000253. The largest absolute Gasteiger partial charge is 0.468 e. The number of carbonyl (C=O) groups is 1. The molecule has 0 atom stereocenters. The molecule has 0 aliphatic heterocycles. The second-order valence-electron chi connectivity index (χ2n) is 4.78. The molecule has 0 radical (unpaired) electrons. The van der Waals surface area contributed by atoms with Gasteiger partial charge in [-0.3, -0.25) is 4.79 Å². The predicted molar refractivity (Wildman–Crippen MR) is 93.3 cm³/mol. The van der Waals surface area contributed by atoms with Gasteiger partial charge in [-0.2, -0.15) is 0 Å². The molecule has 2 aromatic carbocycles. The summed E-state index contributed by atoms with van der Waals surface area (Å²) >= 11 is 0. The van der Waals surface area contributed by atoms with Gasteiger partial charge in [0.15, 0.2) is 0 Å². The topological polar surface area (TPSA) is 116 Å². The van der Waals surface area contributed by atoms with Crippen molar-refractivity contribution in [2.45, 2.75) is 13.1 Å². The molecule has 0 fully saturated rings. The Hall–Kier alpha value is -2.57. The molecule has 2 aromatic rings. The molecule has 0 unspecified atom stereocenters. The third kappa shape index (κ3) is 6.82. The number of nitrogens with two attached hydrogens (primary N) is 3. The summed E-state index contributed by atoms with van der Waals surface area (Å²) in [7, 11) is 1.36. The first kappa shape index (κ1) is 18.5. The Bertz CT molecular complexity index is 617. The van der Waals surface area contributed by atoms with Crippen LogP contribution in [0, 0.1) is 0 Å². The number of nitrogens with one attached hydrogen (secondary N) is 1. The van der Waals surface area contributed by atoms with Crippen LogP contribution in [0.5, 0.6) is 0 Å². The van der Waals surface area contributed by atoms with E-state index in [1.54, 1.807) is 0 Å². The molecule has 7 N–H and O–H groups in total. The van der Waals surface area contributed by atoms with Gasteiger partial charge in [-0.1, -0.05) is 36.4 Å². The van der Waals surface area contributed by atoms with E-state index in [0.29, 0.717) is 13.1 Å². The minimum Gasteiger partial charge on any atom is -0.468 e. The Morgan fingerprint density at radius 1 is 1.00 bits per heavy atom. The van der Waals surface area contributed by atoms with E-state index in [4.69, 9.17) is 17.2 Å². The normalized spacial score (nSPS) is 9.65. The summed E-state index contributed by atoms with van der Waals surface area (Å²) in [4.78, 5) is 10.8. The lowest BCUT2D eigenvalue weighted by atomic mass is 10.2. The third-order valence-electron chi connectivity index (χ3n) is 3.14. The smallest absolute Gasteiger partial charge is 0.319 e. The molecule has 2 rings (SSSR count). The number of anilines is 2. The minimum absolute atomic E-state index is 0.199. The van der Waals surface area contributed by atoms with E-state index < -0.39 is 0 Å². The molecule has 0 aromatic heterocycles. The summed E-state index contributed by atoms with van der Waals surface area (Å²) in [6.07, 6.45) is 0. The predicted octanol–water partition coefficient (Wildman–Crippen LogP) is 1.26. The fourth-order valence-corrected chi connectivity index (χ4v) is 1.79. The zero-order chi connectivity index (χ0) is 17.1. The lowest BCUT2D eigenvalue weighted by molar-refractivity contribution is -0.139. The van der Waals surface area contributed by atoms with E-state index in [1.807, 2.05) is 48.5 Å². The minimum atomic E-state index is -0.278. The molecule has 0 aliphatic carbocycles. The number of rotatable bonds is 5. The van der Waals surface area contributed by atoms with Gasteiger partial charge in [-0.15, -0.1) is 0 Å². The average Bonchev–Trinajstić information content (AvgIpc) is 2.57. The number of hydrogen-bond acceptors (Lipinski definition) is 6. The SMILES string of the molecule is COC(=O)CNCc1ccccc1N.NCc1ccccc1N. The third-order valence-corrected chi connectivity index (χ3v) is 3.14. The second kappa shape index (κ2) is 10.2. The van der Waals surface area contributed by atoms with E-state index >= 15 is 0 Å². The number of para-hydroxylation sites is 2. The first-order chi connectivity index (χ1) is 11.1. The van der Waals surface area contributed by atoms with Crippen LogP contribution < -0.4 is 22.5 Å². The van der Waals surface area contributed by atoms with Crippen LogP contribution in [0.2, 0.25) is 0 Å². The molecular weight excluding hydrogens is 292 g/mol. The highest BCUT2D eigenvalue weighted by molar-refractivity contribution is 5.71. The van der Waals surface area contributed by atoms with E-state index in [0.717, 1.165) is 22.5 Å². The van der Waals surface area contributed by atoms with Gasteiger partial charge < -0.3 is 27.3 Å². The molecular formula is C17H24N4O2. The van der Waals surface area contributed by atoms with Crippen LogP contribution in [0.15, 0.2) is 48.5 Å². The van der Waals surface area contributed by atoms with Crippen LogP contribution in [0.3, 0.4) is 0 Å². The van der Waals surface area contributed by atoms with Gasteiger partial charge in [0.2, 0.25) is 0 Å². The summed E-state index contributed by atoms with van der Waals surface area (Å²) in [6, 6.07) is 15.1. The summed E-state index contributed by atoms with van der Waals surface area (Å²) in [5.74, 6) is -0.278. The highest BCUT2D eigenvalue weighted by atomic mass is 16.5. The summed E-state index contributed by atoms with van der Waals surface area (Å²) < 4.78 is 4.49. The van der Waals surface area contributed by atoms with E-state index in [2.05, 4.69) is 10.1 Å². The molecule has 0 heterocycles. The molecule has 124 valence electrons. The number of hydrogen-bond donors (Lipinski definition) is 4.